The van der Waals surface area contributed by atoms with E-state index in [1.165, 1.54) is 0 Å². The molecule has 1 rings (SSSR count). The molecule has 2 N–H and O–H groups in total. The monoisotopic (exact) mass is 255 g/mol. The normalized spacial score (nSPS) is 11.1. The third-order valence-electron chi connectivity index (χ3n) is 2.44. The van der Waals surface area contributed by atoms with Gasteiger partial charge in [-0.05, 0) is 24.5 Å². The summed E-state index contributed by atoms with van der Waals surface area (Å²) in [5.74, 6) is 0.636. The Morgan fingerprint density at radius 1 is 1.18 bits per heavy atom. The van der Waals surface area contributed by atoms with Gasteiger partial charge in [-0.25, -0.2) is 0 Å². The summed E-state index contributed by atoms with van der Waals surface area (Å²) in [6.45, 7) is 4.34. The molecule has 0 aliphatic rings. The number of benzene rings is 1. The summed E-state index contributed by atoms with van der Waals surface area (Å²) in [6.07, 6.45) is 0.992. The molecule has 0 aromatic heterocycles. The van der Waals surface area contributed by atoms with Gasteiger partial charge < -0.3 is 15.2 Å². The van der Waals surface area contributed by atoms with E-state index in [2.05, 4.69) is 13.8 Å². The first kappa shape index (κ1) is 16.2. The van der Waals surface area contributed by atoms with Crippen LogP contribution in [0.25, 0.3) is 0 Å². The number of rotatable bonds is 4. The highest BCUT2D eigenvalue weighted by atomic mass is 28.1. The Morgan fingerprint density at radius 2 is 1.65 bits per heavy atom. The molecule has 0 bridgehead atoms. The Bertz CT molecular complexity index is 287. The third kappa shape index (κ3) is 7.96. The molecule has 0 saturated heterocycles. The zero-order chi connectivity index (χ0) is 13.3. The predicted octanol–water partition coefficient (Wildman–Crippen LogP) is 1.61. The second kappa shape index (κ2) is 8.28. The summed E-state index contributed by atoms with van der Waals surface area (Å²) < 4.78 is 10.5. The summed E-state index contributed by atoms with van der Waals surface area (Å²) in [5, 5.41) is 0. The molecule has 0 heterocycles. The molecular formula is C13H25NO2Si. The van der Waals surface area contributed by atoms with E-state index in [4.69, 9.17) is 15.2 Å². The molecule has 1 aromatic carbocycles. The van der Waals surface area contributed by atoms with Crippen molar-refractivity contribution in [2.24, 2.45) is 5.92 Å². The predicted molar refractivity (Wildman–Crippen MR) is 77.0 cm³/mol. The Balaban J connectivity index is 0.000000318. The van der Waals surface area contributed by atoms with Crippen molar-refractivity contribution in [2.75, 3.05) is 20.0 Å². The number of hydrogen-bond donors (Lipinski definition) is 1. The Morgan fingerprint density at radius 3 is 1.82 bits per heavy atom. The molecule has 0 unspecified atom stereocenters. The lowest BCUT2D eigenvalue weighted by Gasteiger charge is -2.28. The van der Waals surface area contributed by atoms with Gasteiger partial charge in [-0.15, -0.1) is 0 Å². The molecule has 0 amide bonds. The fourth-order valence-electron chi connectivity index (χ4n) is 1.44. The maximum Gasteiger partial charge on any atom is 0.141 e. The van der Waals surface area contributed by atoms with Gasteiger partial charge in [-0.1, -0.05) is 32.0 Å². The second-order valence-electron chi connectivity index (χ2n) is 4.55. The minimum Gasteiger partial charge on any atom is -0.399 e. The number of para-hydroxylation sites is 1. The largest absolute Gasteiger partial charge is 0.399 e. The van der Waals surface area contributed by atoms with Crippen LogP contribution in [0, 0.1) is 5.92 Å². The van der Waals surface area contributed by atoms with Crippen LogP contribution in [0.1, 0.15) is 20.3 Å². The first-order chi connectivity index (χ1) is 7.93. The van der Waals surface area contributed by atoms with E-state index in [1.807, 2.05) is 30.3 Å². The van der Waals surface area contributed by atoms with Crippen molar-refractivity contribution in [1.82, 2.24) is 0 Å². The van der Waals surface area contributed by atoms with E-state index in [1.54, 1.807) is 14.2 Å². The van der Waals surface area contributed by atoms with Crippen molar-refractivity contribution in [2.45, 2.75) is 25.7 Å². The number of anilines is 1. The van der Waals surface area contributed by atoms with E-state index in [0.717, 1.165) is 22.4 Å². The van der Waals surface area contributed by atoms with Gasteiger partial charge in [0, 0.05) is 19.9 Å². The zero-order valence-corrected chi connectivity index (χ0v) is 13.6. The van der Waals surface area contributed by atoms with Crippen molar-refractivity contribution in [3.05, 3.63) is 30.3 Å². The topological polar surface area (TPSA) is 44.5 Å². The van der Waals surface area contributed by atoms with Gasteiger partial charge in [0.05, 0.1) is 10.2 Å². The van der Waals surface area contributed by atoms with Gasteiger partial charge in [0.25, 0.3) is 0 Å². The van der Waals surface area contributed by atoms with Gasteiger partial charge in [0.2, 0.25) is 0 Å². The quantitative estimate of drug-likeness (QED) is 0.505. The first-order valence-electron chi connectivity index (χ1n) is 5.84. The van der Waals surface area contributed by atoms with Crippen LogP contribution in [0.15, 0.2) is 30.3 Å². The molecule has 0 aliphatic heterocycles. The Kier molecular flexibility index (Phi) is 7.87. The minimum absolute atomic E-state index is 0.256. The van der Waals surface area contributed by atoms with E-state index < -0.39 is 0 Å². The molecule has 0 aliphatic carbocycles. The third-order valence-corrected chi connectivity index (χ3v) is 3.67. The molecule has 1 aromatic rings. The van der Waals surface area contributed by atoms with Crippen molar-refractivity contribution in [3.63, 3.8) is 0 Å². The van der Waals surface area contributed by atoms with Crippen molar-refractivity contribution in [3.8, 4) is 0 Å². The van der Waals surface area contributed by atoms with E-state index in [-0.39, 0.29) is 5.41 Å². The summed E-state index contributed by atoms with van der Waals surface area (Å²) >= 11 is 0. The Hall–Kier alpha value is -0.843. The van der Waals surface area contributed by atoms with Gasteiger partial charge in [-0.2, -0.15) is 0 Å². The summed E-state index contributed by atoms with van der Waals surface area (Å²) in [7, 11) is 4.34. The molecule has 4 heteroatoms. The van der Waals surface area contributed by atoms with E-state index >= 15 is 0 Å². The van der Waals surface area contributed by atoms with Gasteiger partial charge in [-0.3, -0.25) is 0 Å². The van der Waals surface area contributed by atoms with Crippen LogP contribution < -0.4 is 5.73 Å². The van der Waals surface area contributed by atoms with E-state index in [0.29, 0.717) is 5.92 Å². The molecule has 0 fully saturated rings. The smallest absolute Gasteiger partial charge is 0.141 e. The van der Waals surface area contributed by atoms with Crippen LogP contribution >= 0.6 is 0 Å². The maximum atomic E-state index is 5.36. The van der Waals surface area contributed by atoms with Crippen LogP contribution in [-0.4, -0.2) is 29.9 Å². The van der Waals surface area contributed by atoms with Crippen LogP contribution in [0.3, 0.4) is 0 Å². The zero-order valence-electron chi connectivity index (χ0n) is 11.6. The summed E-state index contributed by atoms with van der Waals surface area (Å²) in [5.41, 5.74) is 5.92. The number of nitrogens with two attached hydrogens (primary N) is 1. The minimum atomic E-state index is -0.256. The highest BCUT2D eigenvalue weighted by Gasteiger charge is 2.22. The molecule has 0 saturated carbocycles. The lowest BCUT2D eigenvalue weighted by Crippen LogP contribution is -2.35. The van der Waals surface area contributed by atoms with Crippen molar-refractivity contribution >= 4 is 15.9 Å². The van der Waals surface area contributed by atoms with Crippen LogP contribution in [0.2, 0.25) is 0 Å². The fraction of sp³-hybridized carbons (Fsp3) is 0.538. The van der Waals surface area contributed by atoms with Crippen molar-refractivity contribution in [1.29, 1.82) is 0 Å². The maximum absolute atomic E-state index is 5.36. The molecule has 0 radical (unpaired) electrons. The van der Waals surface area contributed by atoms with Crippen LogP contribution in [-0.2, 0) is 9.47 Å². The summed E-state index contributed by atoms with van der Waals surface area (Å²) in [4.78, 5) is 0. The molecule has 0 atom stereocenters. The van der Waals surface area contributed by atoms with Gasteiger partial charge in [0.15, 0.2) is 0 Å². The molecule has 17 heavy (non-hydrogen) atoms. The molecule has 3 nitrogen and oxygen atoms in total. The number of ether oxygens (including phenoxy) is 2. The van der Waals surface area contributed by atoms with Gasteiger partial charge in [0.1, 0.15) is 5.41 Å². The number of nitrogen functional groups attached to an aromatic ring is 1. The number of hydrogen-bond acceptors (Lipinski definition) is 3. The Labute approximate surface area is 108 Å². The first-order valence-corrected chi connectivity index (χ1v) is 6.84. The van der Waals surface area contributed by atoms with Gasteiger partial charge >= 0.3 is 0 Å². The standard InChI is InChI=1S/C7H18O2Si.C6H7N/c1-6(2)5-7(10,8-3)9-4;7-6-4-2-1-3-5-6/h6H,5H2,1-4,10H3;1-5H,7H2. The van der Waals surface area contributed by atoms with Crippen LogP contribution in [0.4, 0.5) is 5.69 Å². The lowest BCUT2D eigenvalue weighted by atomic mass is 10.1. The van der Waals surface area contributed by atoms with Crippen molar-refractivity contribution < 1.29 is 9.47 Å². The highest BCUT2D eigenvalue weighted by molar-refractivity contribution is 6.13. The molecule has 0 spiro atoms. The average Bonchev–Trinajstić information content (AvgIpc) is 2.30. The van der Waals surface area contributed by atoms with E-state index in [9.17, 15) is 0 Å². The SMILES string of the molecule is COC([SiH3])(CC(C)C)OC.Nc1ccccc1. The summed E-state index contributed by atoms with van der Waals surface area (Å²) in [6, 6.07) is 9.49. The van der Waals surface area contributed by atoms with Crippen LogP contribution in [0.5, 0.6) is 0 Å². The second-order valence-corrected chi connectivity index (χ2v) is 6.07. The average molecular weight is 255 g/mol. The fourth-order valence-corrected chi connectivity index (χ4v) is 2.26. The lowest BCUT2D eigenvalue weighted by molar-refractivity contribution is -0.151. The number of methoxy groups -OCH3 is 2. The molecule has 98 valence electrons. The molecular weight excluding hydrogens is 230 g/mol. The highest BCUT2D eigenvalue weighted by Crippen LogP contribution is 2.16.